The van der Waals surface area contributed by atoms with Gasteiger partial charge in [-0.1, -0.05) is 13.8 Å². The highest BCUT2D eigenvalue weighted by Gasteiger charge is 2.33. The van der Waals surface area contributed by atoms with Crippen LogP contribution < -0.4 is 0 Å². The molecule has 1 aliphatic heterocycles. The molecule has 0 N–H and O–H groups in total. The Morgan fingerprint density at radius 3 is 2.31 bits per heavy atom. The molecule has 1 fully saturated rings. The zero-order chi connectivity index (χ0) is 10.1. The summed E-state index contributed by atoms with van der Waals surface area (Å²) in [6.45, 7) is 4.55. The van der Waals surface area contributed by atoms with E-state index >= 15 is 0 Å². The predicted octanol–water partition coefficient (Wildman–Crippen LogP) is 2.53. The molecule has 0 amide bonds. The van der Waals surface area contributed by atoms with Crippen LogP contribution in [0.2, 0.25) is 0 Å². The van der Waals surface area contributed by atoms with Gasteiger partial charge in [-0.25, -0.2) is 0 Å². The zero-order valence-corrected chi connectivity index (χ0v) is 8.06. The standard InChI is InChI=1S/C9H16F3N/c1-7-3-4-13(5-8(7)2)6-9(10,11)12/h7-8H,3-6H2,1-2H3. The van der Waals surface area contributed by atoms with Crippen molar-refractivity contribution in [1.29, 1.82) is 0 Å². The minimum Gasteiger partial charge on any atom is -0.295 e. The fraction of sp³-hybridized carbons (Fsp3) is 1.00. The molecule has 2 unspecified atom stereocenters. The summed E-state index contributed by atoms with van der Waals surface area (Å²) in [6, 6.07) is 0. The molecule has 78 valence electrons. The lowest BCUT2D eigenvalue weighted by atomic mass is 9.89. The van der Waals surface area contributed by atoms with E-state index in [1.165, 1.54) is 4.90 Å². The van der Waals surface area contributed by atoms with Gasteiger partial charge in [-0.2, -0.15) is 13.2 Å². The number of hydrogen-bond donors (Lipinski definition) is 0. The van der Waals surface area contributed by atoms with Crippen molar-refractivity contribution in [2.24, 2.45) is 11.8 Å². The average Bonchev–Trinajstić information content (AvgIpc) is 1.94. The first kappa shape index (κ1) is 10.8. The normalized spacial score (nSPS) is 32.1. The van der Waals surface area contributed by atoms with E-state index in [-0.39, 0.29) is 0 Å². The van der Waals surface area contributed by atoms with E-state index in [2.05, 4.69) is 6.92 Å². The van der Waals surface area contributed by atoms with Crippen LogP contribution in [0, 0.1) is 11.8 Å². The molecule has 1 aliphatic rings. The number of hydrogen-bond acceptors (Lipinski definition) is 1. The topological polar surface area (TPSA) is 3.24 Å². The second-order valence-electron chi connectivity index (χ2n) is 4.09. The first-order valence-corrected chi connectivity index (χ1v) is 4.67. The molecule has 1 saturated heterocycles. The van der Waals surface area contributed by atoms with Crippen molar-refractivity contribution >= 4 is 0 Å². The van der Waals surface area contributed by atoms with Crippen LogP contribution in [0.1, 0.15) is 20.3 Å². The lowest BCUT2D eigenvalue weighted by molar-refractivity contribution is -0.150. The predicted molar refractivity (Wildman–Crippen MR) is 45.4 cm³/mol. The Bertz CT molecular complexity index is 167. The number of rotatable bonds is 1. The van der Waals surface area contributed by atoms with E-state index in [1.54, 1.807) is 0 Å². The molecular weight excluding hydrogens is 179 g/mol. The molecule has 1 nitrogen and oxygen atoms in total. The molecule has 0 aromatic heterocycles. The number of halogens is 3. The highest BCUT2D eigenvalue weighted by molar-refractivity contribution is 4.76. The highest BCUT2D eigenvalue weighted by Crippen LogP contribution is 2.25. The van der Waals surface area contributed by atoms with Crippen LogP contribution in [0.4, 0.5) is 13.2 Å². The molecule has 0 aromatic carbocycles. The number of alkyl halides is 3. The van der Waals surface area contributed by atoms with Crippen molar-refractivity contribution < 1.29 is 13.2 Å². The zero-order valence-electron chi connectivity index (χ0n) is 8.06. The van der Waals surface area contributed by atoms with Crippen molar-refractivity contribution in [3.63, 3.8) is 0 Å². The van der Waals surface area contributed by atoms with Crippen LogP contribution in [-0.4, -0.2) is 30.7 Å². The third-order valence-electron chi connectivity index (χ3n) is 2.82. The third kappa shape index (κ3) is 3.55. The summed E-state index contributed by atoms with van der Waals surface area (Å²) >= 11 is 0. The molecule has 0 aromatic rings. The van der Waals surface area contributed by atoms with Gasteiger partial charge in [0.15, 0.2) is 0 Å². The van der Waals surface area contributed by atoms with Gasteiger partial charge in [0.1, 0.15) is 0 Å². The monoisotopic (exact) mass is 195 g/mol. The minimum atomic E-state index is -4.04. The maximum Gasteiger partial charge on any atom is 0.401 e. The molecule has 0 spiro atoms. The Morgan fingerprint density at radius 2 is 1.85 bits per heavy atom. The Labute approximate surface area is 76.9 Å². The molecule has 2 atom stereocenters. The molecule has 13 heavy (non-hydrogen) atoms. The Hall–Kier alpha value is -0.250. The Morgan fingerprint density at radius 1 is 1.23 bits per heavy atom. The molecule has 4 heteroatoms. The van der Waals surface area contributed by atoms with E-state index in [0.717, 1.165) is 6.42 Å². The summed E-state index contributed by atoms with van der Waals surface area (Å²) in [5, 5.41) is 0. The molecule has 0 aliphatic carbocycles. The van der Waals surface area contributed by atoms with Crippen LogP contribution in [0.5, 0.6) is 0 Å². The van der Waals surface area contributed by atoms with E-state index in [4.69, 9.17) is 0 Å². The third-order valence-corrected chi connectivity index (χ3v) is 2.82. The van der Waals surface area contributed by atoms with Gasteiger partial charge in [-0.05, 0) is 24.8 Å². The second-order valence-corrected chi connectivity index (χ2v) is 4.09. The van der Waals surface area contributed by atoms with Gasteiger partial charge in [0, 0.05) is 6.54 Å². The fourth-order valence-corrected chi connectivity index (χ4v) is 1.75. The largest absolute Gasteiger partial charge is 0.401 e. The van der Waals surface area contributed by atoms with Gasteiger partial charge in [-0.15, -0.1) is 0 Å². The average molecular weight is 195 g/mol. The molecule has 0 saturated carbocycles. The molecule has 1 rings (SSSR count). The van der Waals surface area contributed by atoms with Gasteiger partial charge < -0.3 is 0 Å². The van der Waals surface area contributed by atoms with E-state index < -0.39 is 12.7 Å². The SMILES string of the molecule is CC1CCN(CC(F)(F)F)CC1C. The minimum absolute atomic E-state index is 0.385. The Kier molecular flexibility index (Phi) is 3.22. The van der Waals surface area contributed by atoms with Gasteiger partial charge in [0.2, 0.25) is 0 Å². The van der Waals surface area contributed by atoms with Crippen LogP contribution in [0.25, 0.3) is 0 Å². The lowest BCUT2D eigenvalue weighted by Crippen LogP contribution is -2.43. The summed E-state index contributed by atoms with van der Waals surface area (Å²) in [6.07, 6.45) is -3.16. The number of likely N-dealkylation sites (tertiary alicyclic amines) is 1. The van der Waals surface area contributed by atoms with Crippen LogP contribution in [0.3, 0.4) is 0 Å². The highest BCUT2D eigenvalue weighted by atomic mass is 19.4. The summed E-state index contributed by atoms with van der Waals surface area (Å²) in [4.78, 5) is 1.50. The van der Waals surface area contributed by atoms with Gasteiger partial charge >= 0.3 is 6.18 Å². The number of nitrogens with zero attached hydrogens (tertiary/aromatic N) is 1. The quantitative estimate of drug-likeness (QED) is 0.621. The molecular formula is C9H16F3N. The van der Waals surface area contributed by atoms with E-state index in [9.17, 15) is 13.2 Å². The maximum absolute atomic E-state index is 12.0. The van der Waals surface area contributed by atoms with Crippen LogP contribution in [-0.2, 0) is 0 Å². The maximum atomic E-state index is 12.0. The summed E-state index contributed by atoms with van der Waals surface area (Å²) in [5.74, 6) is 0.945. The summed E-state index contributed by atoms with van der Waals surface area (Å²) in [5.41, 5.74) is 0. The van der Waals surface area contributed by atoms with E-state index in [1.807, 2.05) is 6.92 Å². The van der Waals surface area contributed by atoms with Crippen LogP contribution >= 0.6 is 0 Å². The number of piperidine rings is 1. The van der Waals surface area contributed by atoms with Crippen molar-refractivity contribution in [3.05, 3.63) is 0 Å². The van der Waals surface area contributed by atoms with Crippen molar-refractivity contribution in [3.8, 4) is 0 Å². The molecule has 0 radical (unpaired) electrons. The first-order chi connectivity index (χ1) is 5.88. The van der Waals surface area contributed by atoms with Gasteiger partial charge in [0.05, 0.1) is 6.54 Å². The van der Waals surface area contributed by atoms with Crippen molar-refractivity contribution in [1.82, 2.24) is 4.90 Å². The van der Waals surface area contributed by atoms with Crippen molar-refractivity contribution in [2.75, 3.05) is 19.6 Å². The van der Waals surface area contributed by atoms with E-state index in [0.29, 0.717) is 24.9 Å². The smallest absolute Gasteiger partial charge is 0.295 e. The molecule has 0 bridgehead atoms. The lowest BCUT2D eigenvalue weighted by Gasteiger charge is -2.35. The van der Waals surface area contributed by atoms with Gasteiger partial charge in [-0.3, -0.25) is 4.90 Å². The van der Waals surface area contributed by atoms with Gasteiger partial charge in [0.25, 0.3) is 0 Å². The van der Waals surface area contributed by atoms with Crippen LogP contribution in [0.15, 0.2) is 0 Å². The fourth-order valence-electron chi connectivity index (χ4n) is 1.75. The summed E-state index contributed by atoms with van der Waals surface area (Å²) < 4.78 is 36.1. The second kappa shape index (κ2) is 3.86. The Balaban J connectivity index is 2.38. The first-order valence-electron chi connectivity index (χ1n) is 4.67. The van der Waals surface area contributed by atoms with Crippen molar-refractivity contribution in [2.45, 2.75) is 26.4 Å². The summed E-state index contributed by atoms with van der Waals surface area (Å²) in [7, 11) is 0. The molecule has 1 heterocycles.